The van der Waals surface area contributed by atoms with Gasteiger partial charge in [0.15, 0.2) is 0 Å². The van der Waals surface area contributed by atoms with E-state index in [-0.39, 0.29) is 11.3 Å². The summed E-state index contributed by atoms with van der Waals surface area (Å²) in [5.41, 5.74) is 0.922. The third-order valence-corrected chi connectivity index (χ3v) is 1.80. The van der Waals surface area contributed by atoms with Crippen molar-refractivity contribution in [2.45, 2.75) is 31.6 Å². The maximum absolute atomic E-state index is 11.2. The Labute approximate surface area is 72.5 Å². The number of carbonyl (C=O) groups is 1. The molecule has 2 nitrogen and oxygen atoms in total. The van der Waals surface area contributed by atoms with Gasteiger partial charge in [0.1, 0.15) is 0 Å². The second-order valence-electron chi connectivity index (χ2n) is 2.77. The van der Waals surface area contributed by atoms with Crippen molar-refractivity contribution in [3.05, 3.63) is 11.6 Å². The van der Waals surface area contributed by atoms with E-state index in [2.05, 4.69) is 17.9 Å². The van der Waals surface area contributed by atoms with Gasteiger partial charge in [-0.25, -0.2) is 0 Å². The zero-order valence-electron chi connectivity index (χ0n) is 6.63. The van der Waals surface area contributed by atoms with Gasteiger partial charge in [0.05, 0.1) is 5.37 Å². The Balaban J connectivity index is 2.41. The summed E-state index contributed by atoms with van der Waals surface area (Å²) in [5.74, 6) is 0.0463. The Morgan fingerprint density at radius 1 is 1.82 bits per heavy atom. The van der Waals surface area contributed by atoms with Crippen LogP contribution in [0.2, 0.25) is 0 Å². The van der Waals surface area contributed by atoms with Gasteiger partial charge in [-0.05, 0) is 26.2 Å². The topological polar surface area (TPSA) is 29.1 Å². The van der Waals surface area contributed by atoms with Crippen molar-refractivity contribution in [2.24, 2.45) is 0 Å². The van der Waals surface area contributed by atoms with Gasteiger partial charge in [-0.1, -0.05) is 6.08 Å². The molecule has 0 saturated carbocycles. The number of rotatable bonds is 2. The molecule has 0 saturated heterocycles. The second kappa shape index (κ2) is 3.81. The third kappa shape index (κ3) is 2.58. The van der Waals surface area contributed by atoms with Crippen LogP contribution in [0.3, 0.4) is 0 Å². The Morgan fingerprint density at radius 3 is 3.00 bits per heavy atom. The number of hydrogen-bond acceptors (Lipinski definition) is 2. The largest absolute Gasteiger partial charge is 0.341 e. The standard InChI is InChI=1S/C8H13NOS/c1-6(11)9-8(10)7-4-2-3-5-7/h4,6,11H,2-3,5H2,1H3,(H,9,10). The van der Waals surface area contributed by atoms with E-state index in [4.69, 9.17) is 0 Å². The molecular weight excluding hydrogens is 158 g/mol. The van der Waals surface area contributed by atoms with Crippen LogP contribution < -0.4 is 5.32 Å². The maximum atomic E-state index is 11.2. The highest BCUT2D eigenvalue weighted by molar-refractivity contribution is 7.80. The van der Waals surface area contributed by atoms with Crippen LogP contribution in [-0.2, 0) is 4.79 Å². The van der Waals surface area contributed by atoms with Crippen molar-refractivity contribution in [2.75, 3.05) is 0 Å². The van der Waals surface area contributed by atoms with E-state index in [1.54, 1.807) is 0 Å². The van der Waals surface area contributed by atoms with Crippen LogP contribution >= 0.6 is 12.6 Å². The van der Waals surface area contributed by atoms with Crippen molar-refractivity contribution in [1.29, 1.82) is 0 Å². The first kappa shape index (κ1) is 8.65. The van der Waals surface area contributed by atoms with Crippen molar-refractivity contribution >= 4 is 18.5 Å². The molecule has 1 rings (SSSR count). The molecule has 0 heterocycles. The molecule has 1 aliphatic carbocycles. The smallest absolute Gasteiger partial charge is 0.247 e. The summed E-state index contributed by atoms with van der Waals surface area (Å²) in [7, 11) is 0. The third-order valence-electron chi connectivity index (χ3n) is 1.67. The highest BCUT2D eigenvalue weighted by atomic mass is 32.1. The van der Waals surface area contributed by atoms with E-state index in [1.807, 2.05) is 13.0 Å². The molecule has 11 heavy (non-hydrogen) atoms. The molecule has 1 amide bonds. The van der Waals surface area contributed by atoms with Gasteiger partial charge in [0, 0.05) is 5.57 Å². The lowest BCUT2D eigenvalue weighted by Crippen LogP contribution is -2.29. The van der Waals surface area contributed by atoms with Gasteiger partial charge in [-0.15, -0.1) is 0 Å². The number of allylic oxidation sites excluding steroid dienone is 1. The van der Waals surface area contributed by atoms with Crippen molar-refractivity contribution in [3.8, 4) is 0 Å². The molecule has 0 spiro atoms. The lowest BCUT2D eigenvalue weighted by Gasteiger charge is -2.07. The number of hydrogen-bond donors (Lipinski definition) is 2. The van der Waals surface area contributed by atoms with Crippen LogP contribution in [0, 0.1) is 0 Å². The molecule has 0 fully saturated rings. The molecule has 1 atom stereocenters. The zero-order valence-corrected chi connectivity index (χ0v) is 7.53. The lowest BCUT2D eigenvalue weighted by atomic mass is 10.2. The fraction of sp³-hybridized carbons (Fsp3) is 0.625. The average molecular weight is 171 g/mol. The molecule has 0 aromatic carbocycles. The van der Waals surface area contributed by atoms with Crippen LogP contribution in [0.4, 0.5) is 0 Å². The minimum Gasteiger partial charge on any atom is -0.341 e. The summed E-state index contributed by atoms with van der Waals surface area (Å²) >= 11 is 4.07. The molecule has 0 aliphatic heterocycles. The van der Waals surface area contributed by atoms with E-state index >= 15 is 0 Å². The Kier molecular flexibility index (Phi) is 3.00. The molecule has 62 valence electrons. The number of nitrogens with one attached hydrogen (secondary N) is 1. The van der Waals surface area contributed by atoms with Gasteiger partial charge in [-0.3, -0.25) is 4.79 Å². The summed E-state index contributed by atoms with van der Waals surface area (Å²) in [6, 6.07) is 0. The fourth-order valence-corrected chi connectivity index (χ4v) is 1.28. The minimum atomic E-state index is -0.0519. The lowest BCUT2D eigenvalue weighted by molar-refractivity contribution is -0.117. The highest BCUT2D eigenvalue weighted by Crippen LogP contribution is 2.17. The van der Waals surface area contributed by atoms with Crippen LogP contribution in [0.5, 0.6) is 0 Å². The van der Waals surface area contributed by atoms with E-state index in [9.17, 15) is 4.79 Å². The van der Waals surface area contributed by atoms with Crippen LogP contribution in [-0.4, -0.2) is 11.3 Å². The van der Waals surface area contributed by atoms with E-state index < -0.39 is 0 Å². The van der Waals surface area contributed by atoms with E-state index in [0.717, 1.165) is 24.8 Å². The predicted molar refractivity (Wildman–Crippen MR) is 48.5 cm³/mol. The molecular formula is C8H13NOS. The van der Waals surface area contributed by atoms with Crippen LogP contribution in [0.15, 0.2) is 11.6 Å². The highest BCUT2D eigenvalue weighted by Gasteiger charge is 2.13. The Morgan fingerprint density at radius 2 is 2.55 bits per heavy atom. The second-order valence-corrected chi connectivity index (χ2v) is 3.55. The van der Waals surface area contributed by atoms with Crippen molar-refractivity contribution in [3.63, 3.8) is 0 Å². The first-order chi connectivity index (χ1) is 5.20. The number of amides is 1. The predicted octanol–water partition coefficient (Wildman–Crippen LogP) is 1.49. The molecule has 3 heteroatoms. The summed E-state index contributed by atoms with van der Waals surface area (Å²) in [4.78, 5) is 11.2. The van der Waals surface area contributed by atoms with E-state index in [0.29, 0.717) is 0 Å². The van der Waals surface area contributed by atoms with Crippen LogP contribution in [0.25, 0.3) is 0 Å². The minimum absolute atomic E-state index is 0.0463. The fourth-order valence-electron chi connectivity index (χ4n) is 1.16. The Bertz CT molecular complexity index is 187. The quantitative estimate of drug-likeness (QED) is 0.478. The van der Waals surface area contributed by atoms with E-state index in [1.165, 1.54) is 0 Å². The average Bonchev–Trinajstić information content (AvgIpc) is 2.35. The first-order valence-electron chi connectivity index (χ1n) is 3.88. The number of thiol groups is 1. The van der Waals surface area contributed by atoms with Gasteiger partial charge in [0.2, 0.25) is 5.91 Å². The first-order valence-corrected chi connectivity index (χ1v) is 4.40. The molecule has 0 radical (unpaired) electrons. The van der Waals surface area contributed by atoms with Gasteiger partial charge in [-0.2, -0.15) is 12.6 Å². The monoisotopic (exact) mass is 171 g/mol. The molecule has 0 aromatic rings. The van der Waals surface area contributed by atoms with Crippen molar-refractivity contribution < 1.29 is 4.79 Å². The molecule has 1 N–H and O–H groups in total. The van der Waals surface area contributed by atoms with Gasteiger partial charge >= 0.3 is 0 Å². The summed E-state index contributed by atoms with van der Waals surface area (Å²) in [5, 5.41) is 2.69. The maximum Gasteiger partial charge on any atom is 0.247 e. The zero-order chi connectivity index (χ0) is 8.27. The molecule has 0 aromatic heterocycles. The SMILES string of the molecule is CC(S)NC(=O)C1=CCCC1. The summed E-state index contributed by atoms with van der Waals surface area (Å²) in [6.45, 7) is 1.84. The molecule has 1 aliphatic rings. The summed E-state index contributed by atoms with van der Waals surface area (Å²) in [6.07, 6.45) is 5.09. The summed E-state index contributed by atoms with van der Waals surface area (Å²) < 4.78 is 0. The van der Waals surface area contributed by atoms with Gasteiger partial charge < -0.3 is 5.32 Å². The molecule has 1 unspecified atom stereocenters. The van der Waals surface area contributed by atoms with Crippen molar-refractivity contribution in [1.82, 2.24) is 5.32 Å². The normalized spacial score (nSPS) is 19.3. The Hall–Kier alpha value is -0.440. The van der Waals surface area contributed by atoms with Crippen LogP contribution in [0.1, 0.15) is 26.2 Å². The van der Waals surface area contributed by atoms with Gasteiger partial charge in [0.25, 0.3) is 0 Å². The molecule has 0 bridgehead atoms. The number of carbonyl (C=O) groups excluding carboxylic acids is 1.